The van der Waals surface area contributed by atoms with Gasteiger partial charge in [-0.25, -0.2) is 0 Å². The minimum atomic E-state index is 0.0469. The van der Waals surface area contributed by atoms with Crippen LogP contribution in [0.2, 0.25) is 0 Å². The van der Waals surface area contributed by atoms with E-state index in [1.807, 2.05) is 4.90 Å². The quantitative estimate of drug-likeness (QED) is 0.720. The van der Waals surface area contributed by atoms with Crippen LogP contribution in [0.1, 0.15) is 19.3 Å². The molecule has 1 aliphatic carbocycles. The Bertz CT molecular complexity index is 412. The molecule has 0 aromatic heterocycles. The summed E-state index contributed by atoms with van der Waals surface area (Å²) < 4.78 is 0. The van der Waals surface area contributed by atoms with E-state index in [9.17, 15) is 9.59 Å². The molecule has 2 amide bonds. The Labute approximate surface area is 126 Å². The molecule has 2 saturated heterocycles. The highest BCUT2D eigenvalue weighted by atomic mass is 16.2. The molecule has 6 heteroatoms. The van der Waals surface area contributed by atoms with Crippen LogP contribution in [-0.2, 0) is 9.59 Å². The van der Waals surface area contributed by atoms with E-state index in [0.717, 1.165) is 58.5 Å². The van der Waals surface area contributed by atoms with Gasteiger partial charge in [0.05, 0.1) is 6.54 Å². The van der Waals surface area contributed by atoms with Crippen LogP contribution in [0.25, 0.3) is 0 Å². The smallest absolute Gasteiger partial charge is 0.233 e. The van der Waals surface area contributed by atoms with Crippen molar-refractivity contribution in [3.05, 3.63) is 0 Å². The summed E-state index contributed by atoms with van der Waals surface area (Å²) >= 11 is 0. The molecule has 0 radical (unpaired) electrons. The second-order valence-electron chi connectivity index (χ2n) is 6.64. The lowest BCUT2D eigenvalue weighted by atomic mass is 9.91. The molecule has 1 spiro atoms. The van der Waals surface area contributed by atoms with Crippen LogP contribution < -0.4 is 10.6 Å². The largest absolute Gasteiger partial charge is 0.358 e. The average molecular weight is 294 g/mol. The molecule has 3 aliphatic rings. The molecular formula is C15H26N4O2. The second kappa shape index (κ2) is 5.93. The normalized spacial score (nSPS) is 28.4. The number of likely N-dealkylation sites (N-methyl/N-ethyl adjacent to an activating group) is 1. The molecule has 21 heavy (non-hydrogen) atoms. The highest BCUT2D eigenvalue weighted by Crippen LogP contribution is 2.59. The number of nitrogens with zero attached hydrogens (tertiary/aromatic N) is 2. The number of hydrogen-bond acceptors (Lipinski definition) is 4. The summed E-state index contributed by atoms with van der Waals surface area (Å²) in [6.07, 6.45) is 3.39. The van der Waals surface area contributed by atoms with Gasteiger partial charge in [0.25, 0.3) is 0 Å². The topological polar surface area (TPSA) is 64.7 Å². The van der Waals surface area contributed by atoms with Gasteiger partial charge in [0.2, 0.25) is 11.8 Å². The Morgan fingerprint density at radius 2 is 1.86 bits per heavy atom. The first-order valence-electron chi connectivity index (χ1n) is 8.07. The molecule has 1 unspecified atom stereocenters. The maximum atomic E-state index is 12.6. The Kier molecular flexibility index (Phi) is 4.17. The number of carbonyl (C=O) groups excluding carboxylic acids is 2. The minimum absolute atomic E-state index is 0.0469. The lowest BCUT2D eigenvalue weighted by Crippen LogP contribution is -2.51. The molecule has 1 saturated carbocycles. The Morgan fingerprint density at radius 3 is 2.48 bits per heavy atom. The van der Waals surface area contributed by atoms with Gasteiger partial charge in [-0.3, -0.25) is 14.5 Å². The summed E-state index contributed by atoms with van der Waals surface area (Å²) in [6, 6.07) is 0. The number of nitrogens with one attached hydrogen (secondary N) is 2. The highest BCUT2D eigenvalue weighted by Gasteiger charge is 2.58. The summed E-state index contributed by atoms with van der Waals surface area (Å²) in [6.45, 7) is 5.70. The molecule has 2 aliphatic heterocycles. The Hall–Kier alpha value is -1.14. The van der Waals surface area contributed by atoms with Crippen molar-refractivity contribution in [2.24, 2.45) is 11.3 Å². The van der Waals surface area contributed by atoms with Crippen molar-refractivity contribution >= 4 is 11.8 Å². The van der Waals surface area contributed by atoms with Crippen LogP contribution in [0.5, 0.6) is 0 Å². The molecule has 2 heterocycles. The highest BCUT2D eigenvalue weighted by molar-refractivity contribution is 5.83. The molecule has 118 valence electrons. The summed E-state index contributed by atoms with van der Waals surface area (Å²) in [5.41, 5.74) is 0.321. The lowest BCUT2D eigenvalue weighted by Gasteiger charge is -2.35. The van der Waals surface area contributed by atoms with Crippen molar-refractivity contribution in [3.63, 3.8) is 0 Å². The molecule has 3 fully saturated rings. The van der Waals surface area contributed by atoms with Gasteiger partial charge in [0.15, 0.2) is 0 Å². The van der Waals surface area contributed by atoms with E-state index in [-0.39, 0.29) is 11.8 Å². The van der Waals surface area contributed by atoms with Crippen LogP contribution in [-0.4, -0.2) is 74.5 Å². The van der Waals surface area contributed by atoms with Gasteiger partial charge in [-0.2, -0.15) is 0 Å². The molecule has 0 bridgehead atoms. The van der Waals surface area contributed by atoms with Gasteiger partial charge in [-0.05, 0) is 37.8 Å². The van der Waals surface area contributed by atoms with E-state index < -0.39 is 0 Å². The number of piperazine rings is 1. The number of carbonyl (C=O) groups is 2. The monoisotopic (exact) mass is 294 g/mol. The summed E-state index contributed by atoms with van der Waals surface area (Å²) in [5.74, 6) is 0.673. The molecule has 1 atom stereocenters. The summed E-state index contributed by atoms with van der Waals surface area (Å²) in [4.78, 5) is 28.1. The lowest BCUT2D eigenvalue weighted by molar-refractivity contribution is -0.135. The molecule has 0 aromatic carbocycles. The van der Waals surface area contributed by atoms with Crippen molar-refractivity contribution in [2.75, 3.05) is 52.9 Å². The number of rotatable bonds is 3. The van der Waals surface area contributed by atoms with Crippen molar-refractivity contribution in [1.29, 1.82) is 0 Å². The standard InChI is InChI=1S/C15H26N4O2/c1-16-13(20)11-18-6-8-19(9-7-18)14(21)12-10-15(12)2-4-17-5-3-15/h12,17H,2-11H2,1H3,(H,16,20). The minimum Gasteiger partial charge on any atom is -0.358 e. The van der Waals surface area contributed by atoms with Gasteiger partial charge < -0.3 is 15.5 Å². The SMILES string of the molecule is CNC(=O)CN1CCN(C(=O)C2CC23CCNCC3)CC1. The number of amides is 2. The van der Waals surface area contributed by atoms with Gasteiger partial charge in [-0.15, -0.1) is 0 Å². The molecular weight excluding hydrogens is 268 g/mol. The maximum Gasteiger partial charge on any atom is 0.233 e. The fourth-order valence-electron chi connectivity index (χ4n) is 3.80. The van der Waals surface area contributed by atoms with E-state index in [1.54, 1.807) is 7.05 Å². The fraction of sp³-hybridized carbons (Fsp3) is 0.867. The van der Waals surface area contributed by atoms with E-state index in [4.69, 9.17) is 0 Å². The van der Waals surface area contributed by atoms with Crippen LogP contribution in [0.15, 0.2) is 0 Å². The third-order valence-electron chi connectivity index (χ3n) is 5.42. The Morgan fingerprint density at radius 1 is 1.19 bits per heavy atom. The Balaban J connectivity index is 1.47. The fourth-order valence-corrected chi connectivity index (χ4v) is 3.80. The van der Waals surface area contributed by atoms with Gasteiger partial charge in [0.1, 0.15) is 0 Å². The molecule has 6 nitrogen and oxygen atoms in total. The first-order chi connectivity index (χ1) is 10.1. The zero-order valence-electron chi connectivity index (χ0n) is 12.9. The van der Waals surface area contributed by atoms with E-state index in [1.165, 1.54) is 0 Å². The maximum absolute atomic E-state index is 12.6. The third kappa shape index (κ3) is 3.06. The van der Waals surface area contributed by atoms with E-state index in [0.29, 0.717) is 17.9 Å². The van der Waals surface area contributed by atoms with Crippen molar-refractivity contribution in [1.82, 2.24) is 20.4 Å². The van der Waals surface area contributed by atoms with Crippen LogP contribution in [0.4, 0.5) is 0 Å². The van der Waals surface area contributed by atoms with Gasteiger partial charge >= 0.3 is 0 Å². The van der Waals surface area contributed by atoms with Gasteiger partial charge in [0, 0.05) is 39.1 Å². The number of hydrogen-bond donors (Lipinski definition) is 2. The van der Waals surface area contributed by atoms with Crippen molar-refractivity contribution in [3.8, 4) is 0 Å². The van der Waals surface area contributed by atoms with Crippen LogP contribution in [0.3, 0.4) is 0 Å². The number of piperidine rings is 1. The van der Waals surface area contributed by atoms with E-state index >= 15 is 0 Å². The third-order valence-corrected chi connectivity index (χ3v) is 5.42. The zero-order chi connectivity index (χ0) is 14.9. The predicted octanol–water partition coefficient (Wildman–Crippen LogP) is -0.734. The van der Waals surface area contributed by atoms with E-state index in [2.05, 4.69) is 15.5 Å². The molecule has 0 aromatic rings. The zero-order valence-corrected chi connectivity index (χ0v) is 12.9. The van der Waals surface area contributed by atoms with Crippen molar-refractivity contribution < 1.29 is 9.59 Å². The van der Waals surface area contributed by atoms with Crippen LogP contribution in [0, 0.1) is 11.3 Å². The molecule has 3 rings (SSSR count). The molecule has 2 N–H and O–H groups in total. The predicted molar refractivity (Wildman–Crippen MR) is 79.7 cm³/mol. The second-order valence-corrected chi connectivity index (χ2v) is 6.64. The van der Waals surface area contributed by atoms with Crippen LogP contribution >= 0.6 is 0 Å². The summed E-state index contributed by atoms with van der Waals surface area (Å²) in [7, 11) is 1.66. The van der Waals surface area contributed by atoms with Gasteiger partial charge in [-0.1, -0.05) is 0 Å². The summed E-state index contributed by atoms with van der Waals surface area (Å²) in [5, 5.41) is 6.03. The first-order valence-corrected chi connectivity index (χ1v) is 8.07. The van der Waals surface area contributed by atoms with Crippen molar-refractivity contribution in [2.45, 2.75) is 19.3 Å². The first kappa shape index (κ1) is 14.8. The average Bonchev–Trinajstić information content (AvgIpc) is 3.21.